The first-order chi connectivity index (χ1) is 10.9. The van der Waals surface area contributed by atoms with E-state index in [1.807, 2.05) is 20.8 Å². The third-order valence-corrected chi connectivity index (χ3v) is 5.97. The fourth-order valence-electron chi connectivity index (χ4n) is 2.67. The molecule has 0 unspecified atom stereocenters. The topological polar surface area (TPSA) is 71.4 Å². The van der Waals surface area contributed by atoms with Crippen LogP contribution in [0, 0.1) is 0 Å². The maximum absolute atomic E-state index is 12.6. The second-order valence-electron chi connectivity index (χ2n) is 5.26. The van der Waals surface area contributed by atoms with Crippen LogP contribution < -0.4 is 5.32 Å². The van der Waals surface area contributed by atoms with Crippen LogP contribution in [0.15, 0.2) is 29.2 Å². The number of hydrogen-bond acceptors (Lipinski definition) is 3. The molecule has 0 radical (unpaired) electrons. The van der Waals surface area contributed by atoms with Crippen molar-refractivity contribution in [3.8, 4) is 0 Å². The Labute approximate surface area is 137 Å². The summed E-state index contributed by atoms with van der Waals surface area (Å²) in [6.07, 6.45) is 0. The zero-order chi connectivity index (χ0) is 17.2. The summed E-state index contributed by atoms with van der Waals surface area (Å²) in [6.45, 7) is 6.88. The third kappa shape index (κ3) is 3.11. The molecular weight excluding hydrogens is 314 g/mol. The van der Waals surface area contributed by atoms with Crippen molar-refractivity contribution in [3.63, 3.8) is 0 Å². The maximum Gasteiger partial charge on any atom is 0.267 e. The standard InChI is InChI=1S/C16H23N3O3S/c1-5-17-16(20)15-11-12-10-13(8-9-14(12)18(15)4)23(21,22)19(6-2)7-3/h8-11H,5-7H2,1-4H3,(H,17,20). The number of nitrogens with one attached hydrogen (secondary N) is 1. The number of rotatable bonds is 6. The molecule has 0 saturated heterocycles. The molecule has 2 aromatic rings. The summed E-state index contributed by atoms with van der Waals surface area (Å²) < 4.78 is 28.4. The highest BCUT2D eigenvalue weighted by molar-refractivity contribution is 7.89. The van der Waals surface area contributed by atoms with Gasteiger partial charge in [-0.1, -0.05) is 13.8 Å². The van der Waals surface area contributed by atoms with Gasteiger partial charge < -0.3 is 9.88 Å². The van der Waals surface area contributed by atoms with Crippen LogP contribution in [0.2, 0.25) is 0 Å². The summed E-state index contributed by atoms with van der Waals surface area (Å²) in [5.41, 5.74) is 1.34. The molecule has 23 heavy (non-hydrogen) atoms. The number of carbonyl (C=O) groups excluding carboxylic acids is 1. The normalized spacial score (nSPS) is 12.0. The summed E-state index contributed by atoms with van der Waals surface area (Å²) in [4.78, 5) is 12.3. The minimum atomic E-state index is -3.50. The molecule has 126 valence electrons. The third-order valence-electron chi connectivity index (χ3n) is 3.93. The van der Waals surface area contributed by atoms with Gasteiger partial charge in [-0.05, 0) is 31.2 Å². The first-order valence-corrected chi connectivity index (χ1v) is 9.18. The predicted molar refractivity (Wildman–Crippen MR) is 91.0 cm³/mol. The first kappa shape index (κ1) is 17.5. The number of benzene rings is 1. The molecule has 0 atom stereocenters. The summed E-state index contributed by atoms with van der Waals surface area (Å²) >= 11 is 0. The summed E-state index contributed by atoms with van der Waals surface area (Å²) in [5, 5.41) is 3.50. The molecule has 0 spiro atoms. The highest BCUT2D eigenvalue weighted by Gasteiger charge is 2.22. The Balaban J connectivity index is 2.54. The van der Waals surface area contributed by atoms with Crippen molar-refractivity contribution in [2.75, 3.05) is 19.6 Å². The highest BCUT2D eigenvalue weighted by atomic mass is 32.2. The molecule has 0 aliphatic carbocycles. The molecular formula is C16H23N3O3S. The van der Waals surface area contributed by atoms with E-state index in [-0.39, 0.29) is 10.8 Å². The summed E-state index contributed by atoms with van der Waals surface area (Å²) in [5.74, 6) is -0.167. The number of aromatic nitrogens is 1. The summed E-state index contributed by atoms with van der Waals surface area (Å²) in [7, 11) is -1.71. The predicted octanol–water partition coefficient (Wildman–Crippen LogP) is 1.96. The Hall–Kier alpha value is -1.86. The van der Waals surface area contributed by atoms with E-state index >= 15 is 0 Å². The number of nitrogens with zero attached hydrogens (tertiary/aromatic N) is 2. The SMILES string of the molecule is CCNC(=O)c1cc2cc(S(=O)(=O)N(CC)CC)ccc2n1C. The fraction of sp³-hybridized carbons (Fsp3) is 0.438. The van der Waals surface area contributed by atoms with Crippen molar-refractivity contribution < 1.29 is 13.2 Å². The molecule has 6 nitrogen and oxygen atoms in total. The first-order valence-electron chi connectivity index (χ1n) is 7.74. The minimum absolute atomic E-state index is 0.167. The van der Waals surface area contributed by atoms with Gasteiger partial charge in [0, 0.05) is 37.6 Å². The molecule has 0 fully saturated rings. The van der Waals surface area contributed by atoms with Gasteiger partial charge in [0.1, 0.15) is 5.69 Å². The van der Waals surface area contributed by atoms with Crippen molar-refractivity contribution in [3.05, 3.63) is 30.0 Å². The average Bonchev–Trinajstić information content (AvgIpc) is 2.85. The number of aryl methyl sites for hydroxylation is 1. The summed E-state index contributed by atoms with van der Waals surface area (Å²) in [6, 6.07) is 6.69. The average molecular weight is 337 g/mol. The van der Waals surface area contributed by atoms with E-state index in [2.05, 4.69) is 5.32 Å². The Morgan fingerprint density at radius 2 is 1.83 bits per heavy atom. The van der Waals surface area contributed by atoms with Gasteiger partial charge in [0.2, 0.25) is 10.0 Å². The molecule has 0 aliphatic heterocycles. The van der Waals surface area contributed by atoms with Gasteiger partial charge in [-0.3, -0.25) is 4.79 Å². The van der Waals surface area contributed by atoms with Crippen molar-refractivity contribution in [2.24, 2.45) is 7.05 Å². The molecule has 0 saturated carbocycles. The van der Waals surface area contributed by atoms with Gasteiger partial charge in [0.25, 0.3) is 5.91 Å². The van der Waals surface area contributed by atoms with Gasteiger partial charge in [-0.2, -0.15) is 4.31 Å². The Bertz CT molecular complexity index is 820. The lowest BCUT2D eigenvalue weighted by Gasteiger charge is -2.18. The number of fused-ring (bicyclic) bond motifs is 1. The smallest absolute Gasteiger partial charge is 0.267 e. The fourth-order valence-corrected chi connectivity index (χ4v) is 4.16. The Morgan fingerprint density at radius 3 is 2.39 bits per heavy atom. The lowest BCUT2D eigenvalue weighted by Crippen LogP contribution is -2.30. The maximum atomic E-state index is 12.6. The lowest BCUT2D eigenvalue weighted by molar-refractivity contribution is 0.0948. The van der Waals surface area contributed by atoms with Crippen LogP contribution in [0.1, 0.15) is 31.3 Å². The van der Waals surface area contributed by atoms with Crippen LogP contribution in [-0.2, 0) is 17.1 Å². The van der Waals surface area contributed by atoms with E-state index in [1.165, 1.54) is 4.31 Å². The number of carbonyl (C=O) groups is 1. The van der Waals surface area contributed by atoms with Crippen LogP contribution >= 0.6 is 0 Å². The highest BCUT2D eigenvalue weighted by Crippen LogP contribution is 2.24. The molecule has 1 heterocycles. The largest absolute Gasteiger partial charge is 0.351 e. The number of hydrogen-bond donors (Lipinski definition) is 1. The molecule has 7 heteroatoms. The molecule has 1 aromatic carbocycles. The van der Waals surface area contributed by atoms with E-state index in [0.29, 0.717) is 25.3 Å². The van der Waals surface area contributed by atoms with E-state index in [1.54, 1.807) is 35.9 Å². The number of amides is 1. The van der Waals surface area contributed by atoms with Gasteiger partial charge in [-0.25, -0.2) is 8.42 Å². The van der Waals surface area contributed by atoms with Crippen molar-refractivity contribution in [1.82, 2.24) is 14.2 Å². The van der Waals surface area contributed by atoms with Crippen molar-refractivity contribution in [1.29, 1.82) is 0 Å². The van der Waals surface area contributed by atoms with Crippen LogP contribution in [0.3, 0.4) is 0 Å². The quantitative estimate of drug-likeness (QED) is 0.876. The Kier molecular flexibility index (Phi) is 5.11. The second kappa shape index (κ2) is 6.72. The van der Waals surface area contributed by atoms with Crippen LogP contribution in [0.4, 0.5) is 0 Å². The van der Waals surface area contributed by atoms with Gasteiger partial charge in [0.05, 0.1) is 4.90 Å². The lowest BCUT2D eigenvalue weighted by atomic mass is 10.2. The van der Waals surface area contributed by atoms with Gasteiger partial charge in [-0.15, -0.1) is 0 Å². The molecule has 2 rings (SSSR count). The van der Waals surface area contributed by atoms with Crippen LogP contribution in [-0.4, -0.2) is 42.8 Å². The van der Waals surface area contributed by atoms with Gasteiger partial charge >= 0.3 is 0 Å². The zero-order valence-corrected chi connectivity index (χ0v) is 14.8. The molecule has 1 amide bonds. The monoisotopic (exact) mass is 337 g/mol. The van der Waals surface area contributed by atoms with E-state index in [9.17, 15) is 13.2 Å². The van der Waals surface area contributed by atoms with E-state index in [4.69, 9.17) is 0 Å². The van der Waals surface area contributed by atoms with Crippen LogP contribution in [0.5, 0.6) is 0 Å². The Morgan fingerprint density at radius 1 is 1.17 bits per heavy atom. The van der Waals surface area contributed by atoms with Crippen molar-refractivity contribution >= 4 is 26.8 Å². The van der Waals surface area contributed by atoms with Gasteiger partial charge in [0.15, 0.2) is 0 Å². The minimum Gasteiger partial charge on any atom is -0.351 e. The molecule has 0 bridgehead atoms. The van der Waals surface area contributed by atoms with Crippen molar-refractivity contribution in [2.45, 2.75) is 25.7 Å². The second-order valence-corrected chi connectivity index (χ2v) is 7.20. The molecule has 0 aliphatic rings. The van der Waals surface area contributed by atoms with E-state index < -0.39 is 10.0 Å². The number of sulfonamides is 1. The van der Waals surface area contributed by atoms with E-state index in [0.717, 1.165) is 10.9 Å². The molecule has 1 N–H and O–H groups in total. The van der Waals surface area contributed by atoms with Crippen LogP contribution in [0.25, 0.3) is 10.9 Å². The zero-order valence-electron chi connectivity index (χ0n) is 14.0. The molecule has 1 aromatic heterocycles.